The fraction of sp³-hybridized carbons (Fsp3) is 0.190. The minimum absolute atomic E-state index is 0.212. The number of amides is 1. The van der Waals surface area contributed by atoms with Gasteiger partial charge >= 0.3 is 0 Å². The van der Waals surface area contributed by atoms with E-state index in [2.05, 4.69) is 20.2 Å². The Morgan fingerprint density at radius 1 is 1.04 bits per heavy atom. The van der Waals surface area contributed by atoms with Crippen molar-refractivity contribution in [2.45, 2.75) is 13.0 Å². The number of benzene rings is 1. The summed E-state index contributed by atoms with van der Waals surface area (Å²) < 4.78 is 12.9. The van der Waals surface area contributed by atoms with Gasteiger partial charge < -0.3 is 10.2 Å². The summed E-state index contributed by atoms with van der Waals surface area (Å²) >= 11 is 0. The van der Waals surface area contributed by atoms with Gasteiger partial charge in [0.1, 0.15) is 5.82 Å². The molecule has 2 heterocycles. The maximum Gasteiger partial charge on any atom is 0.253 e. The number of hydrogen-bond donors (Lipinski definition) is 1. The Hall–Kier alpha value is -3.28. The van der Waals surface area contributed by atoms with Crippen LogP contribution in [-0.4, -0.2) is 29.5 Å². The molecule has 0 aliphatic rings. The number of hydrogen-bond acceptors (Lipinski definition) is 4. The molecular weight excluding hydrogens is 343 g/mol. The average molecular weight is 364 g/mol. The smallest absolute Gasteiger partial charge is 0.253 e. The molecule has 1 aromatic carbocycles. The van der Waals surface area contributed by atoms with Crippen LogP contribution in [-0.2, 0) is 13.0 Å². The molecule has 0 fully saturated rings. The van der Waals surface area contributed by atoms with Crippen molar-refractivity contribution in [1.82, 2.24) is 15.3 Å². The summed E-state index contributed by atoms with van der Waals surface area (Å²) in [7, 11) is 1.97. The lowest BCUT2D eigenvalue weighted by Gasteiger charge is -2.19. The molecule has 2 aromatic heterocycles. The minimum Gasteiger partial charge on any atom is -0.373 e. The zero-order valence-corrected chi connectivity index (χ0v) is 15.1. The molecule has 5 nitrogen and oxygen atoms in total. The molecule has 0 atom stereocenters. The maximum atomic E-state index is 12.9. The highest BCUT2D eigenvalue weighted by atomic mass is 19.1. The Morgan fingerprint density at radius 3 is 2.52 bits per heavy atom. The molecule has 0 bridgehead atoms. The molecule has 27 heavy (non-hydrogen) atoms. The van der Waals surface area contributed by atoms with Crippen LogP contribution in [0.25, 0.3) is 0 Å². The van der Waals surface area contributed by atoms with Crippen molar-refractivity contribution in [3.63, 3.8) is 0 Å². The molecule has 1 amide bonds. The van der Waals surface area contributed by atoms with Crippen molar-refractivity contribution in [3.05, 3.63) is 89.8 Å². The van der Waals surface area contributed by atoms with E-state index in [-0.39, 0.29) is 11.7 Å². The van der Waals surface area contributed by atoms with Gasteiger partial charge in [-0.05, 0) is 47.9 Å². The van der Waals surface area contributed by atoms with Crippen molar-refractivity contribution >= 4 is 11.6 Å². The van der Waals surface area contributed by atoms with Crippen molar-refractivity contribution in [2.75, 3.05) is 18.5 Å². The number of carbonyl (C=O) groups excluding carboxylic acids is 1. The number of pyridine rings is 2. The first-order valence-electron chi connectivity index (χ1n) is 8.69. The van der Waals surface area contributed by atoms with Crippen LogP contribution in [0.1, 0.15) is 21.5 Å². The number of halogens is 1. The van der Waals surface area contributed by atoms with E-state index in [1.165, 1.54) is 17.7 Å². The third-order valence-corrected chi connectivity index (χ3v) is 4.28. The molecule has 0 aliphatic carbocycles. The van der Waals surface area contributed by atoms with E-state index in [4.69, 9.17) is 0 Å². The lowest BCUT2D eigenvalue weighted by molar-refractivity contribution is 0.0950. The van der Waals surface area contributed by atoms with Crippen LogP contribution in [0, 0.1) is 5.82 Å². The average Bonchev–Trinajstić information content (AvgIpc) is 2.72. The molecule has 0 saturated carbocycles. The van der Waals surface area contributed by atoms with Crippen LogP contribution >= 0.6 is 0 Å². The van der Waals surface area contributed by atoms with Crippen molar-refractivity contribution in [3.8, 4) is 0 Å². The fourth-order valence-electron chi connectivity index (χ4n) is 2.62. The third-order valence-electron chi connectivity index (χ3n) is 4.28. The van der Waals surface area contributed by atoms with Gasteiger partial charge in [-0.2, -0.15) is 0 Å². The zero-order chi connectivity index (χ0) is 19.1. The number of nitrogens with zero attached hydrogens (tertiary/aromatic N) is 3. The number of aromatic nitrogens is 2. The summed E-state index contributed by atoms with van der Waals surface area (Å²) in [6.45, 7) is 1.13. The van der Waals surface area contributed by atoms with E-state index in [9.17, 15) is 9.18 Å². The first-order chi connectivity index (χ1) is 13.1. The lowest BCUT2D eigenvalue weighted by Crippen LogP contribution is -2.24. The normalized spacial score (nSPS) is 10.4. The number of carbonyl (C=O) groups is 1. The highest BCUT2D eigenvalue weighted by Crippen LogP contribution is 2.14. The number of anilines is 1. The van der Waals surface area contributed by atoms with Gasteiger partial charge in [0.2, 0.25) is 0 Å². The fourth-order valence-corrected chi connectivity index (χ4v) is 2.62. The molecule has 6 heteroatoms. The lowest BCUT2D eigenvalue weighted by atomic mass is 10.2. The predicted molar refractivity (Wildman–Crippen MR) is 103 cm³/mol. The largest absolute Gasteiger partial charge is 0.373 e. The second-order valence-corrected chi connectivity index (χ2v) is 6.27. The Bertz CT molecular complexity index is 884. The standard InChI is InChI=1S/C21H21FN4O/c1-26(11-8-16-6-9-23-10-7-16)20-12-18(14-24-15-20)21(27)25-13-17-2-4-19(22)5-3-17/h2-7,9-10,12,14-15H,8,11,13H2,1H3,(H,25,27). The number of rotatable bonds is 7. The zero-order valence-electron chi connectivity index (χ0n) is 15.1. The molecule has 0 aliphatic heterocycles. The van der Waals surface area contributed by atoms with E-state index in [1.807, 2.05) is 25.2 Å². The highest BCUT2D eigenvalue weighted by molar-refractivity contribution is 5.94. The Labute approximate surface area is 157 Å². The van der Waals surface area contributed by atoms with E-state index < -0.39 is 0 Å². The summed E-state index contributed by atoms with van der Waals surface area (Å²) in [4.78, 5) is 22.7. The Morgan fingerprint density at radius 2 is 1.78 bits per heavy atom. The summed E-state index contributed by atoms with van der Waals surface area (Å²) in [6.07, 6.45) is 7.72. The van der Waals surface area contributed by atoms with E-state index in [1.54, 1.807) is 36.9 Å². The molecule has 0 saturated heterocycles. The van der Waals surface area contributed by atoms with Gasteiger partial charge in [-0.1, -0.05) is 12.1 Å². The third kappa shape index (κ3) is 5.34. The first-order valence-corrected chi connectivity index (χ1v) is 8.69. The van der Waals surface area contributed by atoms with Gasteiger partial charge in [0.15, 0.2) is 0 Å². The van der Waals surface area contributed by atoms with Gasteiger partial charge in [-0.25, -0.2) is 4.39 Å². The van der Waals surface area contributed by atoms with Gasteiger partial charge in [0.05, 0.1) is 17.4 Å². The van der Waals surface area contributed by atoms with Crippen LogP contribution in [0.4, 0.5) is 10.1 Å². The van der Waals surface area contributed by atoms with Crippen LogP contribution in [0.5, 0.6) is 0 Å². The summed E-state index contributed by atoms with van der Waals surface area (Å²) in [5.41, 5.74) is 3.41. The number of likely N-dealkylation sites (N-methyl/N-ethyl adjacent to an activating group) is 1. The molecule has 138 valence electrons. The predicted octanol–water partition coefficient (Wildman–Crippen LogP) is 3.22. The summed E-state index contributed by atoms with van der Waals surface area (Å²) in [6, 6.07) is 11.9. The summed E-state index contributed by atoms with van der Waals surface area (Å²) in [5.74, 6) is -0.506. The molecule has 3 aromatic rings. The molecule has 0 unspecified atom stereocenters. The molecule has 0 radical (unpaired) electrons. The van der Waals surface area contributed by atoms with Crippen molar-refractivity contribution < 1.29 is 9.18 Å². The van der Waals surface area contributed by atoms with E-state index in [0.29, 0.717) is 12.1 Å². The monoisotopic (exact) mass is 364 g/mol. The van der Waals surface area contributed by atoms with Gasteiger partial charge in [0.25, 0.3) is 5.91 Å². The van der Waals surface area contributed by atoms with Gasteiger partial charge in [-0.3, -0.25) is 14.8 Å². The van der Waals surface area contributed by atoms with Crippen LogP contribution in [0.3, 0.4) is 0 Å². The topological polar surface area (TPSA) is 58.1 Å². The Balaban J connectivity index is 1.58. The second kappa shape index (κ2) is 8.89. The molecule has 0 spiro atoms. The van der Waals surface area contributed by atoms with Gasteiger partial charge in [-0.15, -0.1) is 0 Å². The SMILES string of the molecule is CN(CCc1ccncc1)c1cncc(C(=O)NCc2ccc(F)cc2)c1. The summed E-state index contributed by atoms with van der Waals surface area (Å²) in [5, 5.41) is 2.83. The molecular formula is C21H21FN4O. The van der Waals surface area contributed by atoms with Crippen LogP contribution in [0.2, 0.25) is 0 Å². The second-order valence-electron chi connectivity index (χ2n) is 6.27. The van der Waals surface area contributed by atoms with E-state index >= 15 is 0 Å². The first kappa shape index (κ1) is 18.5. The van der Waals surface area contributed by atoms with Crippen molar-refractivity contribution in [2.24, 2.45) is 0 Å². The highest BCUT2D eigenvalue weighted by Gasteiger charge is 2.09. The van der Waals surface area contributed by atoms with Crippen molar-refractivity contribution in [1.29, 1.82) is 0 Å². The molecule has 1 N–H and O–H groups in total. The quantitative estimate of drug-likeness (QED) is 0.699. The van der Waals surface area contributed by atoms with Crippen LogP contribution in [0.15, 0.2) is 67.3 Å². The van der Waals surface area contributed by atoms with Crippen LogP contribution < -0.4 is 10.2 Å². The number of nitrogens with one attached hydrogen (secondary N) is 1. The Kier molecular flexibility index (Phi) is 6.10. The minimum atomic E-state index is -0.295. The van der Waals surface area contributed by atoms with E-state index in [0.717, 1.165) is 24.2 Å². The van der Waals surface area contributed by atoms with Gasteiger partial charge in [0, 0.05) is 38.7 Å². The maximum absolute atomic E-state index is 12.9. The molecule has 3 rings (SSSR count).